The molecule has 0 aromatic heterocycles. The maximum absolute atomic E-state index is 13.9. The summed E-state index contributed by atoms with van der Waals surface area (Å²) in [6.45, 7) is 5.23. The lowest BCUT2D eigenvalue weighted by molar-refractivity contribution is -0.141. The van der Waals surface area contributed by atoms with Crippen molar-refractivity contribution in [2.75, 3.05) is 7.11 Å². The maximum Gasteiger partial charge on any atom is 0.307 e. The number of methoxy groups -OCH3 is 1. The summed E-state index contributed by atoms with van der Waals surface area (Å²) < 4.78 is 45.7. The summed E-state index contributed by atoms with van der Waals surface area (Å²) in [5.74, 6) is -2.10. The van der Waals surface area contributed by atoms with Crippen LogP contribution >= 0.6 is 0 Å². The van der Waals surface area contributed by atoms with Gasteiger partial charge in [0, 0.05) is 23.0 Å². The molecule has 0 aliphatic heterocycles. The Hall–Kier alpha value is -1.18. The Morgan fingerprint density at radius 1 is 1.43 bits per heavy atom. The summed E-state index contributed by atoms with van der Waals surface area (Å²) in [4.78, 5) is 11.4. The van der Waals surface area contributed by atoms with Gasteiger partial charge in [-0.25, -0.2) is 8.78 Å². The molecular formula is C14H19F2NO3S. The van der Waals surface area contributed by atoms with E-state index in [-0.39, 0.29) is 12.0 Å². The molecule has 1 rings (SSSR count). The number of rotatable bonds is 5. The first-order valence-electron chi connectivity index (χ1n) is 6.35. The largest absolute Gasteiger partial charge is 0.598 e. The van der Waals surface area contributed by atoms with Crippen LogP contribution in [0.5, 0.6) is 0 Å². The van der Waals surface area contributed by atoms with Crippen molar-refractivity contribution < 1.29 is 22.9 Å². The number of benzene rings is 1. The zero-order valence-electron chi connectivity index (χ0n) is 12.4. The Morgan fingerprint density at radius 2 is 2.05 bits per heavy atom. The summed E-state index contributed by atoms with van der Waals surface area (Å²) in [5, 5.41) is 0. The first-order valence-corrected chi connectivity index (χ1v) is 7.50. The SMILES string of the molecule is COC(=O)C[C@H](N[S@+]([O-])C(C)(C)C)c1ccc(F)cc1F. The highest BCUT2D eigenvalue weighted by molar-refractivity contribution is 7.90. The molecule has 1 aromatic rings. The van der Waals surface area contributed by atoms with E-state index in [9.17, 15) is 18.1 Å². The molecule has 0 bridgehead atoms. The van der Waals surface area contributed by atoms with Crippen molar-refractivity contribution >= 4 is 17.3 Å². The number of carbonyl (C=O) groups is 1. The van der Waals surface area contributed by atoms with Gasteiger partial charge in [-0.2, -0.15) is 0 Å². The van der Waals surface area contributed by atoms with Crippen LogP contribution in [0.3, 0.4) is 0 Å². The van der Waals surface area contributed by atoms with Gasteiger partial charge < -0.3 is 9.29 Å². The normalized spacial score (nSPS) is 14.6. The molecule has 4 nitrogen and oxygen atoms in total. The van der Waals surface area contributed by atoms with Crippen LogP contribution < -0.4 is 4.72 Å². The fourth-order valence-corrected chi connectivity index (χ4v) is 2.38. The van der Waals surface area contributed by atoms with Crippen molar-refractivity contribution in [3.05, 3.63) is 35.4 Å². The fraction of sp³-hybridized carbons (Fsp3) is 0.500. The molecule has 0 fully saturated rings. The predicted octanol–water partition coefficient (Wildman–Crippen LogP) is 2.62. The second-order valence-corrected chi connectivity index (χ2v) is 7.50. The maximum atomic E-state index is 13.9. The number of carbonyl (C=O) groups excluding carboxylic acids is 1. The Balaban J connectivity index is 3.04. The van der Waals surface area contributed by atoms with Gasteiger partial charge >= 0.3 is 5.97 Å². The molecule has 2 atom stereocenters. The Morgan fingerprint density at radius 3 is 2.52 bits per heavy atom. The Bertz CT molecular complexity index is 505. The van der Waals surface area contributed by atoms with E-state index >= 15 is 0 Å². The molecule has 1 N–H and O–H groups in total. The van der Waals surface area contributed by atoms with Crippen LogP contribution in [-0.4, -0.2) is 22.4 Å². The molecule has 0 unspecified atom stereocenters. The van der Waals surface area contributed by atoms with E-state index < -0.39 is 39.8 Å². The van der Waals surface area contributed by atoms with Gasteiger partial charge in [0.1, 0.15) is 16.4 Å². The average molecular weight is 319 g/mol. The number of halogens is 2. The molecule has 0 radical (unpaired) electrons. The van der Waals surface area contributed by atoms with Crippen molar-refractivity contribution in [1.82, 2.24) is 4.72 Å². The molecule has 0 aliphatic carbocycles. The van der Waals surface area contributed by atoms with E-state index in [1.54, 1.807) is 20.8 Å². The lowest BCUT2D eigenvalue weighted by Crippen LogP contribution is -2.42. The molecule has 0 aliphatic rings. The molecule has 7 heteroatoms. The number of hydrogen-bond acceptors (Lipinski definition) is 4. The third-order valence-corrected chi connectivity index (χ3v) is 4.35. The standard InChI is InChI=1S/C14H19F2NO3S/c1-14(2,3)21(19)17-12(8-13(18)20-4)10-6-5-9(15)7-11(10)16/h5-7,12,17H,8H2,1-4H3/t12-,21+/m0/s1. The van der Waals surface area contributed by atoms with E-state index in [0.29, 0.717) is 0 Å². The molecule has 0 amide bonds. The van der Waals surface area contributed by atoms with Gasteiger partial charge in [0.15, 0.2) is 0 Å². The van der Waals surface area contributed by atoms with Crippen LogP contribution in [0.25, 0.3) is 0 Å². The van der Waals surface area contributed by atoms with Gasteiger partial charge in [-0.15, -0.1) is 4.72 Å². The zero-order valence-corrected chi connectivity index (χ0v) is 13.2. The lowest BCUT2D eigenvalue weighted by Gasteiger charge is -2.28. The summed E-state index contributed by atoms with van der Waals surface area (Å²) in [6.07, 6.45) is -0.207. The lowest BCUT2D eigenvalue weighted by atomic mass is 10.0. The molecular weight excluding hydrogens is 300 g/mol. The average Bonchev–Trinajstić information content (AvgIpc) is 2.36. The third kappa shape index (κ3) is 5.26. The highest BCUT2D eigenvalue weighted by atomic mass is 32.2. The van der Waals surface area contributed by atoms with Crippen LogP contribution in [0.1, 0.15) is 38.8 Å². The molecule has 1 aromatic carbocycles. The minimum Gasteiger partial charge on any atom is -0.598 e. The highest BCUT2D eigenvalue weighted by Gasteiger charge is 2.32. The molecule has 21 heavy (non-hydrogen) atoms. The van der Waals surface area contributed by atoms with Crippen LogP contribution in [0.15, 0.2) is 18.2 Å². The van der Waals surface area contributed by atoms with Crippen molar-refractivity contribution in [3.63, 3.8) is 0 Å². The van der Waals surface area contributed by atoms with E-state index in [1.807, 2.05) is 0 Å². The predicted molar refractivity (Wildman–Crippen MR) is 76.8 cm³/mol. The minimum atomic E-state index is -1.52. The van der Waals surface area contributed by atoms with Gasteiger partial charge in [-0.05, 0) is 26.8 Å². The van der Waals surface area contributed by atoms with Crippen molar-refractivity contribution in [3.8, 4) is 0 Å². The van der Waals surface area contributed by atoms with Crippen molar-refractivity contribution in [2.24, 2.45) is 0 Å². The van der Waals surface area contributed by atoms with E-state index in [0.717, 1.165) is 12.1 Å². The Labute approximate surface area is 126 Å². The molecule has 0 spiro atoms. The first kappa shape index (κ1) is 17.9. The zero-order chi connectivity index (χ0) is 16.2. The second kappa shape index (κ2) is 7.20. The van der Waals surface area contributed by atoms with E-state index in [4.69, 9.17) is 0 Å². The summed E-state index contributed by atoms with van der Waals surface area (Å²) >= 11 is -1.52. The van der Waals surface area contributed by atoms with Crippen LogP contribution in [-0.2, 0) is 20.9 Å². The van der Waals surface area contributed by atoms with Gasteiger partial charge in [-0.3, -0.25) is 4.79 Å². The van der Waals surface area contributed by atoms with Crippen LogP contribution in [0, 0.1) is 11.6 Å². The van der Waals surface area contributed by atoms with Gasteiger partial charge in [0.25, 0.3) is 0 Å². The van der Waals surface area contributed by atoms with Gasteiger partial charge in [0.05, 0.1) is 19.6 Å². The quantitative estimate of drug-likeness (QED) is 0.669. The van der Waals surface area contributed by atoms with E-state index in [1.165, 1.54) is 13.2 Å². The number of nitrogens with one attached hydrogen (secondary N) is 1. The summed E-state index contributed by atoms with van der Waals surface area (Å²) in [6, 6.07) is 2.18. The fourth-order valence-electron chi connectivity index (χ4n) is 1.56. The smallest absolute Gasteiger partial charge is 0.307 e. The topological polar surface area (TPSA) is 61.4 Å². The molecule has 0 heterocycles. The number of hydrogen-bond donors (Lipinski definition) is 1. The van der Waals surface area contributed by atoms with Crippen molar-refractivity contribution in [2.45, 2.75) is 38.0 Å². The molecule has 0 saturated heterocycles. The molecule has 118 valence electrons. The van der Waals surface area contributed by atoms with Gasteiger partial charge in [-0.1, -0.05) is 6.07 Å². The van der Waals surface area contributed by atoms with Gasteiger partial charge in [0.2, 0.25) is 0 Å². The molecule has 0 saturated carbocycles. The van der Waals surface area contributed by atoms with Crippen molar-refractivity contribution in [1.29, 1.82) is 0 Å². The minimum absolute atomic E-state index is 0.0689. The van der Waals surface area contributed by atoms with Crippen LogP contribution in [0.2, 0.25) is 0 Å². The van der Waals surface area contributed by atoms with E-state index in [2.05, 4.69) is 9.46 Å². The third-order valence-electron chi connectivity index (χ3n) is 2.74. The summed E-state index contributed by atoms with van der Waals surface area (Å²) in [5.41, 5.74) is 0.0689. The highest BCUT2D eigenvalue weighted by Crippen LogP contribution is 2.25. The van der Waals surface area contributed by atoms with Crippen LogP contribution in [0.4, 0.5) is 8.78 Å². The number of ether oxygens (including phenoxy) is 1. The summed E-state index contributed by atoms with van der Waals surface area (Å²) in [7, 11) is 1.21. The second-order valence-electron chi connectivity index (χ2n) is 5.50. The first-order chi connectivity index (χ1) is 9.65. The Kier molecular flexibility index (Phi) is 6.12. The number of esters is 1. The monoisotopic (exact) mass is 319 g/mol.